The number of hydrogen-bond donors (Lipinski definition) is 0. The Kier molecular flexibility index (Phi) is 8.91. The summed E-state index contributed by atoms with van der Waals surface area (Å²) in [6.45, 7) is 5.32. The van der Waals surface area contributed by atoms with Gasteiger partial charge in [0.1, 0.15) is 19.3 Å². The quantitative estimate of drug-likeness (QED) is 0.443. The molecule has 0 rings (SSSR count). The van der Waals surface area contributed by atoms with Gasteiger partial charge in [0, 0.05) is 0 Å². The van der Waals surface area contributed by atoms with Crippen LogP contribution < -0.4 is 0 Å². The smallest absolute Gasteiger partial charge is 0.107 e. The van der Waals surface area contributed by atoms with Crippen molar-refractivity contribution in [2.24, 2.45) is 0 Å². The maximum atomic E-state index is 5.56. The minimum atomic E-state index is -0.119. The molecule has 0 aromatic heterocycles. The molecular weight excluding hydrogens is 192 g/mol. The van der Waals surface area contributed by atoms with E-state index in [2.05, 4.69) is 11.8 Å². The summed E-state index contributed by atoms with van der Waals surface area (Å²) in [6, 6.07) is 0. The first-order chi connectivity index (χ1) is 7.20. The maximum absolute atomic E-state index is 5.56. The van der Waals surface area contributed by atoms with E-state index in [1.165, 1.54) is 0 Å². The van der Waals surface area contributed by atoms with Crippen LogP contribution in [0.5, 0.6) is 0 Å². The largest absolute Gasteiger partial charge is 0.371 e. The van der Waals surface area contributed by atoms with E-state index in [4.69, 9.17) is 27.1 Å². The van der Waals surface area contributed by atoms with E-state index < -0.39 is 0 Å². The van der Waals surface area contributed by atoms with Crippen molar-refractivity contribution in [1.29, 1.82) is 0 Å². The van der Waals surface area contributed by atoms with Gasteiger partial charge in [-0.1, -0.05) is 11.8 Å². The average Bonchev–Trinajstić information content (AvgIpc) is 2.17. The van der Waals surface area contributed by atoms with Crippen LogP contribution in [0.3, 0.4) is 0 Å². The number of hydrogen-bond acceptors (Lipinski definition) is 3. The van der Waals surface area contributed by atoms with Gasteiger partial charge in [-0.3, -0.25) is 0 Å². The summed E-state index contributed by atoms with van der Waals surface area (Å²) in [5, 5.41) is 0. The molecule has 84 valence electrons. The fraction of sp³-hybridized carbons (Fsp3) is 0.667. The lowest BCUT2D eigenvalue weighted by molar-refractivity contribution is -0.0739. The third kappa shape index (κ3) is 9.31. The van der Waals surface area contributed by atoms with Crippen LogP contribution in [-0.2, 0) is 14.2 Å². The fourth-order valence-corrected chi connectivity index (χ4v) is 1.01. The van der Waals surface area contributed by atoms with Crippen molar-refractivity contribution in [2.75, 3.05) is 26.4 Å². The van der Waals surface area contributed by atoms with Gasteiger partial charge in [-0.05, 0) is 13.8 Å². The summed E-state index contributed by atoms with van der Waals surface area (Å²) in [6.07, 6.45) is 10.1. The Morgan fingerprint density at radius 2 is 1.47 bits per heavy atom. The zero-order chi connectivity index (χ0) is 11.5. The molecule has 3 heteroatoms. The van der Waals surface area contributed by atoms with Gasteiger partial charge < -0.3 is 14.2 Å². The second kappa shape index (κ2) is 9.55. The highest BCUT2D eigenvalue weighted by Gasteiger charge is 2.11. The molecule has 0 fully saturated rings. The SMILES string of the molecule is C#CCOCC(COCC#C)OC(C)C. The molecule has 0 aromatic rings. The fourth-order valence-electron chi connectivity index (χ4n) is 1.01. The van der Waals surface area contributed by atoms with E-state index in [0.717, 1.165) is 0 Å². The molecule has 0 saturated carbocycles. The minimum Gasteiger partial charge on any atom is -0.371 e. The number of terminal acetylenes is 2. The van der Waals surface area contributed by atoms with Crippen LogP contribution in [0.15, 0.2) is 0 Å². The van der Waals surface area contributed by atoms with E-state index in [1.54, 1.807) is 0 Å². The second-order valence-corrected chi connectivity index (χ2v) is 3.25. The van der Waals surface area contributed by atoms with Crippen LogP contribution in [0.4, 0.5) is 0 Å². The van der Waals surface area contributed by atoms with Gasteiger partial charge >= 0.3 is 0 Å². The van der Waals surface area contributed by atoms with E-state index in [-0.39, 0.29) is 25.4 Å². The Hall–Kier alpha value is -1.00. The van der Waals surface area contributed by atoms with Crippen molar-refractivity contribution >= 4 is 0 Å². The van der Waals surface area contributed by atoms with Crippen molar-refractivity contribution < 1.29 is 14.2 Å². The predicted octanol–water partition coefficient (Wildman–Crippen LogP) is 1.08. The zero-order valence-corrected chi connectivity index (χ0v) is 9.36. The second-order valence-electron chi connectivity index (χ2n) is 3.25. The monoisotopic (exact) mass is 210 g/mol. The molecule has 0 bridgehead atoms. The highest BCUT2D eigenvalue weighted by atomic mass is 16.6. The first-order valence-electron chi connectivity index (χ1n) is 4.88. The van der Waals surface area contributed by atoms with Gasteiger partial charge in [0.05, 0.1) is 19.3 Å². The van der Waals surface area contributed by atoms with Crippen LogP contribution >= 0.6 is 0 Å². The summed E-state index contributed by atoms with van der Waals surface area (Å²) in [5.74, 6) is 4.79. The lowest BCUT2D eigenvalue weighted by atomic mass is 10.3. The molecule has 0 radical (unpaired) electrons. The summed E-state index contributed by atoms with van der Waals surface area (Å²) in [7, 11) is 0. The molecule has 0 heterocycles. The number of ether oxygens (including phenoxy) is 3. The molecule has 0 aliphatic heterocycles. The highest BCUT2D eigenvalue weighted by Crippen LogP contribution is 2.00. The van der Waals surface area contributed by atoms with Crippen molar-refractivity contribution in [3.63, 3.8) is 0 Å². The van der Waals surface area contributed by atoms with Crippen LogP contribution in [0.25, 0.3) is 0 Å². The Morgan fingerprint density at radius 1 is 1.00 bits per heavy atom. The molecular formula is C12H18O3. The Balaban J connectivity index is 3.75. The molecule has 0 aliphatic carbocycles. The normalized spacial score (nSPS) is 10.3. The molecule has 0 spiro atoms. The van der Waals surface area contributed by atoms with Crippen LogP contribution in [-0.4, -0.2) is 38.6 Å². The van der Waals surface area contributed by atoms with Gasteiger partial charge in [-0.2, -0.15) is 0 Å². The lowest BCUT2D eigenvalue weighted by Gasteiger charge is -2.19. The minimum absolute atomic E-state index is 0.119. The standard InChI is InChI=1S/C12H18O3/c1-5-7-13-9-12(15-11(3)4)10-14-8-6-2/h1-2,11-12H,7-10H2,3-4H3. The number of rotatable bonds is 8. The van der Waals surface area contributed by atoms with Crippen molar-refractivity contribution in [1.82, 2.24) is 0 Å². The molecule has 15 heavy (non-hydrogen) atoms. The van der Waals surface area contributed by atoms with Crippen LogP contribution in [0, 0.1) is 24.7 Å². The summed E-state index contributed by atoms with van der Waals surface area (Å²) in [5.41, 5.74) is 0. The Bertz CT molecular complexity index is 202. The van der Waals surface area contributed by atoms with Gasteiger partial charge in [-0.15, -0.1) is 12.8 Å². The predicted molar refractivity (Wildman–Crippen MR) is 59.3 cm³/mol. The van der Waals surface area contributed by atoms with E-state index in [0.29, 0.717) is 13.2 Å². The van der Waals surface area contributed by atoms with Crippen molar-refractivity contribution in [3.8, 4) is 24.7 Å². The lowest BCUT2D eigenvalue weighted by Crippen LogP contribution is -2.28. The molecule has 0 amide bonds. The molecule has 3 nitrogen and oxygen atoms in total. The molecule has 0 N–H and O–H groups in total. The third-order valence-electron chi connectivity index (χ3n) is 1.44. The zero-order valence-electron chi connectivity index (χ0n) is 9.36. The Labute approximate surface area is 92.1 Å². The molecule has 0 aromatic carbocycles. The van der Waals surface area contributed by atoms with Gasteiger partial charge in [0.25, 0.3) is 0 Å². The van der Waals surface area contributed by atoms with E-state index in [1.807, 2.05) is 13.8 Å². The van der Waals surface area contributed by atoms with Crippen molar-refractivity contribution in [3.05, 3.63) is 0 Å². The first-order valence-corrected chi connectivity index (χ1v) is 4.88. The van der Waals surface area contributed by atoms with Gasteiger partial charge in [-0.25, -0.2) is 0 Å². The van der Waals surface area contributed by atoms with E-state index >= 15 is 0 Å². The Morgan fingerprint density at radius 3 is 1.80 bits per heavy atom. The topological polar surface area (TPSA) is 27.7 Å². The van der Waals surface area contributed by atoms with Gasteiger partial charge in [0.2, 0.25) is 0 Å². The highest BCUT2D eigenvalue weighted by molar-refractivity contribution is 4.84. The molecule has 0 atom stereocenters. The van der Waals surface area contributed by atoms with Gasteiger partial charge in [0.15, 0.2) is 0 Å². The van der Waals surface area contributed by atoms with Crippen LogP contribution in [0.2, 0.25) is 0 Å². The molecule has 0 saturated heterocycles. The molecule has 0 unspecified atom stereocenters. The van der Waals surface area contributed by atoms with E-state index in [9.17, 15) is 0 Å². The summed E-state index contributed by atoms with van der Waals surface area (Å²) >= 11 is 0. The summed E-state index contributed by atoms with van der Waals surface area (Å²) in [4.78, 5) is 0. The van der Waals surface area contributed by atoms with Crippen molar-refractivity contribution in [2.45, 2.75) is 26.1 Å². The third-order valence-corrected chi connectivity index (χ3v) is 1.44. The molecule has 0 aliphatic rings. The summed E-state index contributed by atoms with van der Waals surface area (Å²) < 4.78 is 15.9. The van der Waals surface area contributed by atoms with Crippen LogP contribution in [0.1, 0.15) is 13.8 Å². The maximum Gasteiger partial charge on any atom is 0.107 e. The first kappa shape index (κ1) is 14.0. The average molecular weight is 210 g/mol.